The molecule has 0 saturated heterocycles. The zero-order valence-corrected chi connectivity index (χ0v) is 16.3. The molecule has 1 aromatic heterocycles. The molecule has 1 N–H and O–H groups in total. The van der Waals surface area contributed by atoms with Gasteiger partial charge in [0.15, 0.2) is 6.61 Å². The molecule has 0 spiro atoms. The Morgan fingerprint density at radius 3 is 2.70 bits per heavy atom. The van der Waals surface area contributed by atoms with Crippen molar-refractivity contribution >= 4 is 16.9 Å². The Labute approximate surface area is 170 Å². The molecule has 156 valence electrons. The molecule has 0 radical (unpaired) electrons. The maximum absolute atomic E-state index is 13.3. The first-order valence-electron chi connectivity index (χ1n) is 9.16. The monoisotopic (exact) mass is 416 g/mol. The van der Waals surface area contributed by atoms with Gasteiger partial charge in [-0.2, -0.15) is 18.4 Å². The van der Waals surface area contributed by atoms with E-state index in [4.69, 9.17) is 10.00 Å². The van der Waals surface area contributed by atoms with Crippen LogP contribution in [0.4, 0.5) is 13.2 Å². The lowest BCUT2D eigenvalue weighted by Crippen LogP contribution is -2.22. The van der Waals surface area contributed by atoms with Gasteiger partial charge in [-0.25, -0.2) is 4.98 Å². The van der Waals surface area contributed by atoms with Crippen molar-refractivity contribution in [1.82, 2.24) is 14.9 Å². The van der Waals surface area contributed by atoms with Crippen LogP contribution >= 0.6 is 0 Å². The molecule has 0 unspecified atom stereocenters. The Hall–Kier alpha value is -3.54. The average Bonchev–Trinajstić information content (AvgIpc) is 3.10. The fourth-order valence-electron chi connectivity index (χ4n) is 3.11. The van der Waals surface area contributed by atoms with E-state index in [1.807, 2.05) is 6.07 Å². The molecule has 3 rings (SSSR count). The van der Waals surface area contributed by atoms with Gasteiger partial charge in [-0.05, 0) is 49.7 Å². The zero-order valence-electron chi connectivity index (χ0n) is 16.3. The second kappa shape index (κ2) is 8.45. The summed E-state index contributed by atoms with van der Waals surface area (Å²) in [6.07, 6.45) is -4.59. The van der Waals surface area contributed by atoms with Gasteiger partial charge >= 0.3 is 6.18 Å². The Morgan fingerprint density at radius 2 is 2.03 bits per heavy atom. The number of amides is 1. The first-order chi connectivity index (χ1) is 14.2. The van der Waals surface area contributed by atoms with Gasteiger partial charge in [0, 0.05) is 18.2 Å². The van der Waals surface area contributed by atoms with Crippen molar-refractivity contribution in [2.45, 2.75) is 32.6 Å². The summed E-state index contributed by atoms with van der Waals surface area (Å²) in [5.74, 6) is -0.921. The number of nitriles is 1. The minimum Gasteiger partial charge on any atom is -0.479 e. The van der Waals surface area contributed by atoms with E-state index in [-0.39, 0.29) is 24.2 Å². The van der Waals surface area contributed by atoms with Crippen LogP contribution in [0, 0.1) is 11.3 Å². The van der Waals surface area contributed by atoms with Gasteiger partial charge < -0.3 is 14.6 Å². The van der Waals surface area contributed by atoms with Crippen LogP contribution in [-0.2, 0) is 12.7 Å². The number of aromatic nitrogens is 2. The van der Waals surface area contributed by atoms with Crippen LogP contribution in [0.5, 0.6) is 5.75 Å². The Balaban J connectivity index is 1.80. The number of halogens is 3. The highest BCUT2D eigenvalue weighted by molar-refractivity contribution is 5.97. The highest BCUT2D eigenvalue weighted by atomic mass is 19.4. The van der Waals surface area contributed by atoms with Crippen molar-refractivity contribution in [2.75, 3.05) is 6.61 Å². The first-order valence-corrected chi connectivity index (χ1v) is 9.16. The summed E-state index contributed by atoms with van der Waals surface area (Å²) in [7, 11) is 0. The predicted octanol–water partition coefficient (Wildman–Crippen LogP) is 4.47. The predicted molar refractivity (Wildman–Crippen MR) is 104 cm³/mol. The molecule has 0 aliphatic heterocycles. The smallest absolute Gasteiger partial charge is 0.449 e. The van der Waals surface area contributed by atoms with Crippen molar-refractivity contribution in [3.63, 3.8) is 0 Å². The minimum absolute atomic E-state index is 0.0846. The third-order valence-corrected chi connectivity index (χ3v) is 4.38. The second-order valence-electron chi connectivity index (χ2n) is 6.88. The summed E-state index contributed by atoms with van der Waals surface area (Å²) in [5, 5.41) is 11.3. The maximum Gasteiger partial charge on any atom is 0.449 e. The molecule has 0 fully saturated rings. The van der Waals surface area contributed by atoms with Crippen LogP contribution in [0.3, 0.4) is 0 Å². The lowest BCUT2D eigenvalue weighted by atomic mass is 10.1. The number of carbonyl (C=O) groups is 1. The number of imidazole rings is 1. The molecule has 1 amide bonds. The van der Waals surface area contributed by atoms with Gasteiger partial charge in [-0.3, -0.25) is 4.79 Å². The Bertz CT molecular complexity index is 1110. The standard InChI is InChI=1S/C21H19F3N4O2/c1-13(2)28-18-7-6-15(11-17(18)27-20(28)21(22,23)24)19(29)26-12-14-4-3-5-16(10-14)30-9-8-25/h3-7,10-11,13H,9,12H2,1-2H3,(H,26,29). The summed E-state index contributed by atoms with van der Waals surface area (Å²) in [4.78, 5) is 16.2. The van der Waals surface area contributed by atoms with Gasteiger partial charge in [0.1, 0.15) is 11.8 Å². The Kier molecular flexibility index (Phi) is 5.96. The first kappa shape index (κ1) is 21.2. The summed E-state index contributed by atoms with van der Waals surface area (Å²) in [6, 6.07) is 12.6. The highest BCUT2D eigenvalue weighted by Gasteiger charge is 2.38. The SMILES string of the molecule is CC(C)n1c(C(F)(F)F)nc2cc(C(=O)NCc3cccc(OCC#N)c3)ccc21. The molecule has 30 heavy (non-hydrogen) atoms. The molecule has 2 aromatic carbocycles. The molecule has 0 aliphatic carbocycles. The van der Waals surface area contributed by atoms with Crippen molar-refractivity contribution in [3.05, 3.63) is 59.4 Å². The number of nitrogens with zero attached hydrogens (tertiary/aromatic N) is 3. The number of carbonyl (C=O) groups excluding carboxylic acids is 1. The number of hydrogen-bond acceptors (Lipinski definition) is 4. The zero-order chi connectivity index (χ0) is 21.9. The molecule has 1 heterocycles. The van der Waals surface area contributed by atoms with E-state index in [1.54, 1.807) is 38.1 Å². The topological polar surface area (TPSA) is 79.9 Å². The number of fused-ring (bicyclic) bond motifs is 1. The second-order valence-corrected chi connectivity index (χ2v) is 6.88. The summed E-state index contributed by atoms with van der Waals surface area (Å²) >= 11 is 0. The third-order valence-electron chi connectivity index (χ3n) is 4.38. The van der Waals surface area contributed by atoms with E-state index < -0.39 is 23.9 Å². The number of ether oxygens (including phenoxy) is 1. The van der Waals surface area contributed by atoms with Gasteiger partial charge in [0.2, 0.25) is 5.82 Å². The lowest BCUT2D eigenvalue weighted by molar-refractivity contribution is -0.147. The van der Waals surface area contributed by atoms with E-state index in [0.717, 1.165) is 10.1 Å². The van der Waals surface area contributed by atoms with Crippen molar-refractivity contribution in [1.29, 1.82) is 5.26 Å². The fourth-order valence-corrected chi connectivity index (χ4v) is 3.11. The quantitative estimate of drug-likeness (QED) is 0.643. The van der Waals surface area contributed by atoms with Gasteiger partial charge in [0.25, 0.3) is 5.91 Å². The van der Waals surface area contributed by atoms with Crippen LogP contribution in [0.2, 0.25) is 0 Å². The van der Waals surface area contributed by atoms with E-state index in [0.29, 0.717) is 11.3 Å². The lowest BCUT2D eigenvalue weighted by Gasteiger charge is -2.14. The average molecular weight is 416 g/mol. The van der Waals surface area contributed by atoms with Crippen molar-refractivity contribution < 1.29 is 22.7 Å². The molecular weight excluding hydrogens is 397 g/mol. The number of nitrogens with one attached hydrogen (secondary N) is 1. The van der Waals surface area contributed by atoms with Gasteiger partial charge in [-0.15, -0.1) is 0 Å². The van der Waals surface area contributed by atoms with Gasteiger partial charge in [-0.1, -0.05) is 12.1 Å². The Morgan fingerprint density at radius 1 is 1.27 bits per heavy atom. The highest BCUT2D eigenvalue weighted by Crippen LogP contribution is 2.33. The normalized spacial score (nSPS) is 11.5. The van der Waals surface area contributed by atoms with Crippen LogP contribution in [0.25, 0.3) is 11.0 Å². The van der Waals surface area contributed by atoms with Gasteiger partial charge in [0.05, 0.1) is 11.0 Å². The summed E-state index contributed by atoms with van der Waals surface area (Å²) in [6.45, 7) is 3.39. The van der Waals surface area contributed by atoms with Crippen LogP contribution in [-0.4, -0.2) is 22.1 Å². The molecule has 0 atom stereocenters. The molecule has 6 nitrogen and oxygen atoms in total. The largest absolute Gasteiger partial charge is 0.479 e. The number of rotatable bonds is 6. The van der Waals surface area contributed by atoms with Crippen LogP contribution in [0.15, 0.2) is 42.5 Å². The molecule has 0 saturated carbocycles. The number of alkyl halides is 3. The minimum atomic E-state index is -4.59. The summed E-state index contributed by atoms with van der Waals surface area (Å²) in [5.41, 5.74) is 1.39. The molecule has 0 bridgehead atoms. The van der Waals surface area contributed by atoms with Crippen molar-refractivity contribution in [2.24, 2.45) is 0 Å². The third kappa shape index (κ3) is 4.54. The van der Waals surface area contributed by atoms with Crippen LogP contribution < -0.4 is 10.1 Å². The molecular formula is C21H19F3N4O2. The van der Waals surface area contributed by atoms with E-state index >= 15 is 0 Å². The summed E-state index contributed by atoms with van der Waals surface area (Å²) < 4.78 is 46.3. The maximum atomic E-state index is 13.3. The van der Waals surface area contributed by atoms with E-state index in [9.17, 15) is 18.0 Å². The van der Waals surface area contributed by atoms with E-state index in [1.165, 1.54) is 18.2 Å². The molecule has 9 heteroatoms. The van der Waals surface area contributed by atoms with E-state index in [2.05, 4.69) is 10.3 Å². The number of benzene rings is 2. The van der Waals surface area contributed by atoms with Crippen LogP contribution in [0.1, 0.15) is 41.6 Å². The number of hydrogen-bond donors (Lipinski definition) is 1. The molecule has 3 aromatic rings. The van der Waals surface area contributed by atoms with Crippen molar-refractivity contribution in [3.8, 4) is 11.8 Å². The fraction of sp³-hybridized carbons (Fsp3) is 0.286. The molecule has 0 aliphatic rings.